The number of alkyl halides is 4. The fourth-order valence-electron chi connectivity index (χ4n) is 1.99. The van der Waals surface area contributed by atoms with Crippen LogP contribution in [0.2, 0.25) is 0 Å². The molecule has 0 saturated carbocycles. The molecule has 0 aromatic carbocycles. The Labute approximate surface area is 119 Å². The quantitative estimate of drug-likeness (QED) is 0.795. The molecule has 8 heteroatoms. The van der Waals surface area contributed by atoms with E-state index >= 15 is 0 Å². The average Bonchev–Trinajstić information content (AvgIpc) is 2.82. The monoisotopic (exact) mass is 306 g/mol. The first-order valence-electron chi connectivity index (χ1n) is 6.20. The molecule has 110 valence electrons. The summed E-state index contributed by atoms with van der Waals surface area (Å²) < 4.78 is 39.4. The SMILES string of the molecule is CCCN(CCCl)c1nccn2nc(C(F)(F)F)cc12. The van der Waals surface area contributed by atoms with E-state index in [1.807, 2.05) is 11.8 Å². The molecule has 0 atom stereocenters. The lowest BCUT2D eigenvalue weighted by molar-refractivity contribution is -0.141. The number of aromatic nitrogens is 3. The minimum Gasteiger partial charge on any atom is -0.354 e. The highest BCUT2D eigenvalue weighted by Gasteiger charge is 2.34. The maximum absolute atomic E-state index is 12.7. The fourth-order valence-corrected chi connectivity index (χ4v) is 2.19. The Hall–Kier alpha value is -1.50. The van der Waals surface area contributed by atoms with Gasteiger partial charge in [-0.2, -0.15) is 18.3 Å². The van der Waals surface area contributed by atoms with Gasteiger partial charge in [0.1, 0.15) is 5.52 Å². The minimum absolute atomic E-state index is 0.332. The number of fused-ring (bicyclic) bond motifs is 1. The molecule has 0 bridgehead atoms. The molecule has 0 spiro atoms. The summed E-state index contributed by atoms with van der Waals surface area (Å²) in [4.78, 5) is 6.04. The third-order valence-electron chi connectivity index (χ3n) is 2.81. The van der Waals surface area contributed by atoms with Crippen LogP contribution in [0.3, 0.4) is 0 Å². The maximum atomic E-state index is 12.7. The lowest BCUT2D eigenvalue weighted by Crippen LogP contribution is -2.27. The van der Waals surface area contributed by atoms with Crippen molar-refractivity contribution in [3.8, 4) is 0 Å². The van der Waals surface area contributed by atoms with Crippen molar-refractivity contribution in [3.05, 3.63) is 24.2 Å². The summed E-state index contributed by atoms with van der Waals surface area (Å²) in [6.45, 7) is 3.18. The molecule has 2 aromatic heterocycles. The van der Waals surface area contributed by atoms with Gasteiger partial charge in [0.05, 0.1) is 0 Å². The van der Waals surface area contributed by atoms with E-state index in [1.54, 1.807) is 0 Å². The van der Waals surface area contributed by atoms with Gasteiger partial charge in [-0.15, -0.1) is 11.6 Å². The zero-order chi connectivity index (χ0) is 14.8. The van der Waals surface area contributed by atoms with E-state index < -0.39 is 11.9 Å². The summed E-state index contributed by atoms with van der Waals surface area (Å²) in [5.74, 6) is 0.848. The van der Waals surface area contributed by atoms with Crippen molar-refractivity contribution in [2.75, 3.05) is 23.9 Å². The van der Waals surface area contributed by atoms with Crippen LogP contribution in [0.15, 0.2) is 18.5 Å². The zero-order valence-corrected chi connectivity index (χ0v) is 11.6. The summed E-state index contributed by atoms with van der Waals surface area (Å²) >= 11 is 5.74. The number of hydrogen-bond donors (Lipinski definition) is 0. The van der Waals surface area contributed by atoms with E-state index in [1.165, 1.54) is 16.9 Å². The predicted octanol–water partition coefficient (Wildman–Crippen LogP) is 3.20. The van der Waals surface area contributed by atoms with E-state index in [2.05, 4.69) is 10.1 Å². The van der Waals surface area contributed by atoms with Crippen molar-refractivity contribution >= 4 is 22.9 Å². The Morgan fingerprint density at radius 3 is 2.70 bits per heavy atom. The Morgan fingerprint density at radius 2 is 2.10 bits per heavy atom. The second-order valence-corrected chi connectivity index (χ2v) is 4.66. The van der Waals surface area contributed by atoms with Gasteiger partial charge in [-0.1, -0.05) is 6.92 Å². The Bertz CT molecular complexity index is 576. The highest BCUT2D eigenvalue weighted by atomic mass is 35.5. The first kappa shape index (κ1) is 14.9. The third-order valence-corrected chi connectivity index (χ3v) is 2.98. The van der Waals surface area contributed by atoms with Gasteiger partial charge in [0.2, 0.25) is 0 Å². The van der Waals surface area contributed by atoms with E-state index in [-0.39, 0.29) is 0 Å². The molecular formula is C12H14ClF3N4. The molecular weight excluding hydrogens is 293 g/mol. The van der Waals surface area contributed by atoms with E-state index in [0.717, 1.165) is 12.5 Å². The number of anilines is 1. The van der Waals surface area contributed by atoms with Crippen molar-refractivity contribution in [1.29, 1.82) is 0 Å². The van der Waals surface area contributed by atoms with Crippen molar-refractivity contribution in [3.63, 3.8) is 0 Å². The molecule has 2 rings (SSSR count). The van der Waals surface area contributed by atoms with Crippen LogP contribution in [0.1, 0.15) is 19.0 Å². The molecule has 0 aliphatic rings. The van der Waals surface area contributed by atoms with Crippen LogP contribution >= 0.6 is 11.6 Å². The van der Waals surface area contributed by atoms with Gasteiger partial charge >= 0.3 is 6.18 Å². The van der Waals surface area contributed by atoms with E-state index in [4.69, 9.17) is 11.6 Å². The smallest absolute Gasteiger partial charge is 0.354 e. The van der Waals surface area contributed by atoms with Gasteiger partial charge in [0.15, 0.2) is 11.5 Å². The highest BCUT2D eigenvalue weighted by molar-refractivity contribution is 6.18. The van der Waals surface area contributed by atoms with Crippen LogP contribution in [0.25, 0.3) is 5.52 Å². The van der Waals surface area contributed by atoms with Crippen LogP contribution < -0.4 is 4.90 Å². The molecule has 0 unspecified atom stereocenters. The Morgan fingerprint density at radius 1 is 1.35 bits per heavy atom. The van der Waals surface area contributed by atoms with Gasteiger partial charge in [0, 0.05) is 37.4 Å². The molecule has 4 nitrogen and oxygen atoms in total. The summed E-state index contributed by atoms with van der Waals surface area (Å²) in [6, 6.07) is 1.01. The summed E-state index contributed by atoms with van der Waals surface area (Å²) in [5.41, 5.74) is -0.590. The number of rotatable bonds is 5. The molecule has 2 heterocycles. The van der Waals surface area contributed by atoms with Crippen LogP contribution in [-0.4, -0.2) is 33.6 Å². The predicted molar refractivity (Wildman–Crippen MR) is 71.2 cm³/mol. The first-order chi connectivity index (χ1) is 9.47. The minimum atomic E-state index is -4.47. The van der Waals surface area contributed by atoms with Gasteiger partial charge in [0.25, 0.3) is 0 Å². The van der Waals surface area contributed by atoms with Gasteiger partial charge < -0.3 is 4.90 Å². The number of nitrogens with zero attached hydrogens (tertiary/aromatic N) is 4. The van der Waals surface area contributed by atoms with Gasteiger partial charge in [-0.3, -0.25) is 0 Å². The summed E-state index contributed by atoms with van der Waals surface area (Å²) in [7, 11) is 0. The topological polar surface area (TPSA) is 33.4 Å². The van der Waals surface area contributed by atoms with Crippen LogP contribution in [-0.2, 0) is 6.18 Å². The normalized spacial score (nSPS) is 12.1. The van der Waals surface area contributed by atoms with E-state index in [9.17, 15) is 13.2 Å². The summed E-state index contributed by atoms with van der Waals surface area (Å²) in [5, 5.41) is 3.54. The fraction of sp³-hybridized carbons (Fsp3) is 0.500. The molecule has 2 aromatic rings. The largest absolute Gasteiger partial charge is 0.435 e. The Kier molecular flexibility index (Phi) is 4.37. The Balaban J connectivity index is 2.50. The van der Waals surface area contributed by atoms with Crippen LogP contribution in [0.5, 0.6) is 0 Å². The van der Waals surface area contributed by atoms with Crippen LogP contribution in [0.4, 0.5) is 19.0 Å². The van der Waals surface area contributed by atoms with Gasteiger partial charge in [-0.05, 0) is 6.42 Å². The van der Waals surface area contributed by atoms with Crippen LogP contribution in [0, 0.1) is 0 Å². The molecule has 0 radical (unpaired) electrons. The summed E-state index contributed by atoms with van der Waals surface area (Å²) in [6.07, 6.45) is -0.781. The average molecular weight is 307 g/mol. The molecule has 0 saturated heterocycles. The van der Waals surface area contributed by atoms with Crippen molar-refractivity contribution in [2.24, 2.45) is 0 Å². The number of hydrogen-bond acceptors (Lipinski definition) is 3. The molecule has 0 aliphatic carbocycles. The lowest BCUT2D eigenvalue weighted by atomic mass is 10.3. The molecule has 0 amide bonds. The maximum Gasteiger partial charge on any atom is 0.435 e. The highest BCUT2D eigenvalue weighted by Crippen LogP contribution is 2.30. The van der Waals surface area contributed by atoms with Crippen molar-refractivity contribution in [1.82, 2.24) is 14.6 Å². The van der Waals surface area contributed by atoms with E-state index in [0.29, 0.717) is 30.3 Å². The lowest BCUT2D eigenvalue weighted by Gasteiger charge is -2.22. The first-order valence-corrected chi connectivity index (χ1v) is 6.73. The molecule has 20 heavy (non-hydrogen) atoms. The zero-order valence-electron chi connectivity index (χ0n) is 10.9. The second kappa shape index (κ2) is 5.87. The molecule has 0 aliphatic heterocycles. The third kappa shape index (κ3) is 2.98. The standard InChI is InChI=1S/C12H14ClF3N4/c1-2-5-19(6-3-13)11-9-8-10(12(14,15)16)18-20(9)7-4-17-11/h4,7-8H,2-3,5-6H2,1H3. The van der Waals surface area contributed by atoms with Gasteiger partial charge in [-0.25, -0.2) is 9.50 Å². The number of halogens is 4. The molecule has 0 fully saturated rings. The second-order valence-electron chi connectivity index (χ2n) is 4.28. The van der Waals surface area contributed by atoms with Crippen molar-refractivity contribution in [2.45, 2.75) is 19.5 Å². The van der Waals surface area contributed by atoms with Crippen molar-refractivity contribution < 1.29 is 13.2 Å². The molecule has 0 N–H and O–H groups in total.